The van der Waals surface area contributed by atoms with Crippen molar-refractivity contribution in [3.8, 4) is 0 Å². The van der Waals surface area contributed by atoms with Gasteiger partial charge in [-0.2, -0.15) is 0 Å². The zero-order valence-corrected chi connectivity index (χ0v) is 11.2. The molecule has 0 aliphatic heterocycles. The molecule has 0 unspecified atom stereocenters. The van der Waals surface area contributed by atoms with E-state index in [1.807, 2.05) is 31.2 Å². The summed E-state index contributed by atoms with van der Waals surface area (Å²) in [5.41, 5.74) is 14.4. The summed E-state index contributed by atoms with van der Waals surface area (Å²) in [7, 11) is 0. The van der Waals surface area contributed by atoms with Crippen molar-refractivity contribution in [1.82, 2.24) is 0 Å². The lowest BCUT2D eigenvalue weighted by atomic mass is 10.2. The van der Waals surface area contributed by atoms with Crippen LogP contribution in [0.5, 0.6) is 0 Å². The molecule has 0 bridgehead atoms. The number of anilines is 3. The van der Waals surface area contributed by atoms with Crippen molar-refractivity contribution in [1.29, 1.82) is 0 Å². The van der Waals surface area contributed by atoms with E-state index in [1.165, 1.54) is 12.5 Å². The van der Waals surface area contributed by atoms with Gasteiger partial charge in [0, 0.05) is 24.0 Å². The number of nitrogen functional groups attached to an aromatic ring is 2. The van der Waals surface area contributed by atoms with E-state index in [0.717, 1.165) is 11.4 Å². The van der Waals surface area contributed by atoms with Crippen LogP contribution in [0.1, 0.15) is 12.5 Å². The number of carbonyl (C=O) groups excluding carboxylic acids is 1. The lowest BCUT2D eigenvalue weighted by molar-refractivity contribution is -0.114. The fraction of sp³-hybridized carbons (Fsp3) is 0.133. The fourth-order valence-electron chi connectivity index (χ4n) is 1.49. The van der Waals surface area contributed by atoms with Gasteiger partial charge in [-0.25, -0.2) is 0 Å². The van der Waals surface area contributed by atoms with E-state index in [9.17, 15) is 4.79 Å². The van der Waals surface area contributed by atoms with Gasteiger partial charge in [0.1, 0.15) is 0 Å². The van der Waals surface area contributed by atoms with Gasteiger partial charge in [0.2, 0.25) is 5.91 Å². The molecule has 0 spiro atoms. The van der Waals surface area contributed by atoms with Gasteiger partial charge in [0.25, 0.3) is 0 Å². The average molecular weight is 257 g/mol. The molecule has 0 saturated carbocycles. The third kappa shape index (κ3) is 6.12. The highest BCUT2D eigenvalue weighted by molar-refractivity contribution is 5.89. The smallest absolute Gasteiger partial charge is 0.221 e. The summed E-state index contributed by atoms with van der Waals surface area (Å²) >= 11 is 0. The van der Waals surface area contributed by atoms with Gasteiger partial charge in [-0.15, -0.1) is 0 Å². The highest BCUT2D eigenvalue weighted by atomic mass is 16.1. The van der Waals surface area contributed by atoms with Crippen molar-refractivity contribution in [2.75, 3.05) is 16.8 Å². The summed E-state index contributed by atoms with van der Waals surface area (Å²) in [4.78, 5) is 10.6. The predicted molar refractivity (Wildman–Crippen MR) is 80.7 cm³/mol. The van der Waals surface area contributed by atoms with E-state index >= 15 is 0 Å². The minimum absolute atomic E-state index is 0.0874. The van der Waals surface area contributed by atoms with E-state index in [1.54, 1.807) is 24.3 Å². The molecule has 19 heavy (non-hydrogen) atoms. The minimum atomic E-state index is -0.0874. The van der Waals surface area contributed by atoms with Crippen molar-refractivity contribution < 1.29 is 4.79 Å². The van der Waals surface area contributed by atoms with Gasteiger partial charge in [0.15, 0.2) is 0 Å². The van der Waals surface area contributed by atoms with Crippen LogP contribution in [0.4, 0.5) is 17.1 Å². The Morgan fingerprint density at radius 1 is 1.00 bits per heavy atom. The molecule has 2 aromatic rings. The number of amides is 1. The average Bonchev–Trinajstić information content (AvgIpc) is 2.28. The molecule has 0 aromatic heterocycles. The molecule has 0 heterocycles. The van der Waals surface area contributed by atoms with E-state index in [0.29, 0.717) is 5.69 Å². The SMILES string of the molecule is CC(=O)Nc1cccc(N)c1.Cc1cccc(N)c1. The molecule has 0 fully saturated rings. The topological polar surface area (TPSA) is 81.1 Å². The molecule has 1 amide bonds. The van der Waals surface area contributed by atoms with Gasteiger partial charge in [-0.05, 0) is 42.8 Å². The molecule has 100 valence electrons. The second-order valence-corrected chi connectivity index (χ2v) is 4.22. The van der Waals surface area contributed by atoms with Crippen LogP contribution >= 0.6 is 0 Å². The second kappa shape index (κ2) is 7.06. The largest absolute Gasteiger partial charge is 0.399 e. The van der Waals surface area contributed by atoms with Crippen molar-refractivity contribution in [3.05, 3.63) is 54.1 Å². The number of nitrogens with two attached hydrogens (primary N) is 2. The molecular formula is C15H19N3O. The minimum Gasteiger partial charge on any atom is -0.399 e. The van der Waals surface area contributed by atoms with Crippen molar-refractivity contribution in [2.24, 2.45) is 0 Å². The maximum atomic E-state index is 10.6. The number of benzene rings is 2. The monoisotopic (exact) mass is 257 g/mol. The van der Waals surface area contributed by atoms with Crippen LogP contribution < -0.4 is 16.8 Å². The molecule has 4 heteroatoms. The van der Waals surface area contributed by atoms with Crippen LogP contribution in [0.15, 0.2) is 48.5 Å². The van der Waals surface area contributed by atoms with Gasteiger partial charge in [0.05, 0.1) is 0 Å². The molecular weight excluding hydrogens is 238 g/mol. The summed E-state index contributed by atoms with van der Waals surface area (Å²) in [5, 5.41) is 2.63. The van der Waals surface area contributed by atoms with Crippen molar-refractivity contribution in [3.63, 3.8) is 0 Å². The van der Waals surface area contributed by atoms with Crippen molar-refractivity contribution >= 4 is 23.0 Å². The van der Waals surface area contributed by atoms with E-state index in [-0.39, 0.29) is 5.91 Å². The van der Waals surface area contributed by atoms with Gasteiger partial charge in [-0.1, -0.05) is 18.2 Å². The second-order valence-electron chi connectivity index (χ2n) is 4.22. The molecule has 5 N–H and O–H groups in total. The Balaban J connectivity index is 0.000000200. The molecule has 0 atom stereocenters. The quantitative estimate of drug-likeness (QED) is 0.687. The summed E-state index contributed by atoms with van der Waals surface area (Å²) in [6.45, 7) is 3.49. The predicted octanol–water partition coefficient (Wildman–Crippen LogP) is 2.80. The molecule has 4 nitrogen and oxygen atoms in total. The first-order chi connectivity index (χ1) is 8.97. The Kier molecular flexibility index (Phi) is 5.41. The first-order valence-electron chi connectivity index (χ1n) is 5.92. The van der Waals surface area contributed by atoms with Crippen LogP contribution in [0.25, 0.3) is 0 Å². The van der Waals surface area contributed by atoms with Crippen LogP contribution in [-0.4, -0.2) is 5.91 Å². The Labute approximate surface area is 113 Å². The number of hydrogen-bond donors (Lipinski definition) is 3. The first kappa shape index (κ1) is 14.6. The summed E-state index contributed by atoms with van der Waals surface area (Å²) in [5.74, 6) is -0.0874. The van der Waals surface area contributed by atoms with Gasteiger partial charge >= 0.3 is 0 Å². The third-order valence-electron chi connectivity index (χ3n) is 2.25. The van der Waals surface area contributed by atoms with Crippen LogP contribution in [0.2, 0.25) is 0 Å². The van der Waals surface area contributed by atoms with E-state index < -0.39 is 0 Å². The molecule has 0 aliphatic carbocycles. The standard InChI is InChI=1S/C8H10N2O.C7H9N/c1-6(11)10-8-4-2-3-7(9)5-8;1-6-3-2-4-7(8)5-6/h2-5H,9H2,1H3,(H,10,11);2-5H,8H2,1H3. The zero-order valence-electron chi connectivity index (χ0n) is 11.2. The summed E-state index contributed by atoms with van der Waals surface area (Å²) < 4.78 is 0. The van der Waals surface area contributed by atoms with Crippen LogP contribution in [-0.2, 0) is 4.79 Å². The van der Waals surface area contributed by atoms with Gasteiger partial charge < -0.3 is 16.8 Å². The number of carbonyl (C=O) groups is 1. The maximum Gasteiger partial charge on any atom is 0.221 e. The van der Waals surface area contributed by atoms with Crippen molar-refractivity contribution in [2.45, 2.75) is 13.8 Å². The summed E-state index contributed by atoms with van der Waals surface area (Å²) in [6.07, 6.45) is 0. The number of nitrogens with one attached hydrogen (secondary N) is 1. The molecule has 2 rings (SSSR count). The van der Waals surface area contributed by atoms with Crippen LogP contribution in [0, 0.1) is 6.92 Å². The Morgan fingerprint density at radius 2 is 1.58 bits per heavy atom. The van der Waals surface area contributed by atoms with Crippen LogP contribution in [0.3, 0.4) is 0 Å². The summed E-state index contributed by atoms with van der Waals surface area (Å²) in [6, 6.07) is 14.9. The highest BCUT2D eigenvalue weighted by Gasteiger charge is 1.93. The number of rotatable bonds is 1. The fourth-order valence-corrected chi connectivity index (χ4v) is 1.49. The third-order valence-corrected chi connectivity index (χ3v) is 2.25. The maximum absolute atomic E-state index is 10.6. The molecule has 0 radical (unpaired) electrons. The number of hydrogen-bond acceptors (Lipinski definition) is 3. The molecule has 2 aromatic carbocycles. The Morgan fingerprint density at radius 3 is 2.00 bits per heavy atom. The lowest BCUT2D eigenvalue weighted by Gasteiger charge is -2.01. The van der Waals surface area contributed by atoms with Gasteiger partial charge in [-0.3, -0.25) is 4.79 Å². The Hall–Kier alpha value is -2.49. The molecule has 0 aliphatic rings. The van der Waals surface area contributed by atoms with E-state index in [4.69, 9.17) is 11.5 Å². The number of aryl methyl sites for hydroxylation is 1. The zero-order chi connectivity index (χ0) is 14.3. The Bertz CT molecular complexity index is 535. The molecule has 0 saturated heterocycles. The first-order valence-corrected chi connectivity index (χ1v) is 5.92. The normalized spacial score (nSPS) is 9.16. The van der Waals surface area contributed by atoms with E-state index in [2.05, 4.69) is 5.32 Å². The lowest BCUT2D eigenvalue weighted by Crippen LogP contribution is -2.05. The highest BCUT2D eigenvalue weighted by Crippen LogP contribution is 2.10.